The standard InChI is InChI=1S/C16H17NO4S/c1-22(20,21)17-15-9-7-12(8-10-15)5-6-13-3-2-4-14(11-13)16(18)19/h2-4,7-11,17H,5-6H2,1H3,(H,18,19). The van der Waals surface area contributed by atoms with Gasteiger partial charge in [0, 0.05) is 5.69 Å². The van der Waals surface area contributed by atoms with Crippen molar-refractivity contribution < 1.29 is 18.3 Å². The Morgan fingerprint density at radius 1 is 1.05 bits per heavy atom. The Morgan fingerprint density at radius 2 is 1.68 bits per heavy atom. The third-order valence-electron chi connectivity index (χ3n) is 3.13. The summed E-state index contributed by atoms with van der Waals surface area (Å²) in [6.45, 7) is 0. The van der Waals surface area contributed by atoms with Crippen LogP contribution in [0, 0.1) is 0 Å². The molecule has 6 heteroatoms. The smallest absolute Gasteiger partial charge is 0.335 e. The Balaban J connectivity index is 2.00. The maximum atomic E-state index is 11.1. The topological polar surface area (TPSA) is 83.5 Å². The maximum Gasteiger partial charge on any atom is 0.335 e. The number of hydrogen-bond donors (Lipinski definition) is 2. The summed E-state index contributed by atoms with van der Waals surface area (Å²) in [5, 5.41) is 8.96. The minimum absolute atomic E-state index is 0.283. The van der Waals surface area contributed by atoms with E-state index in [1.165, 1.54) is 0 Å². The highest BCUT2D eigenvalue weighted by molar-refractivity contribution is 7.92. The molecule has 2 aromatic carbocycles. The van der Waals surface area contributed by atoms with Gasteiger partial charge in [0.2, 0.25) is 10.0 Å². The van der Waals surface area contributed by atoms with Crippen LogP contribution in [-0.4, -0.2) is 25.7 Å². The van der Waals surface area contributed by atoms with E-state index in [-0.39, 0.29) is 5.56 Å². The first-order chi connectivity index (χ1) is 10.3. The van der Waals surface area contributed by atoms with Crippen LogP contribution in [0.1, 0.15) is 21.5 Å². The van der Waals surface area contributed by atoms with E-state index in [4.69, 9.17) is 5.11 Å². The highest BCUT2D eigenvalue weighted by Crippen LogP contribution is 2.14. The maximum absolute atomic E-state index is 11.1. The normalized spacial score (nSPS) is 11.1. The summed E-state index contributed by atoms with van der Waals surface area (Å²) in [6, 6.07) is 14.0. The molecule has 0 aliphatic rings. The van der Waals surface area contributed by atoms with Crippen molar-refractivity contribution in [3.8, 4) is 0 Å². The van der Waals surface area contributed by atoms with Gasteiger partial charge in [-0.1, -0.05) is 24.3 Å². The molecule has 0 fully saturated rings. The quantitative estimate of drug-likeness (QED) is 0.857. The molecule has 0 unspecified atom stereocenters. The van der Waals surface area contributed by atoms with Crippen LogP contribution in [0.4, 0.5) is 5.69 Å². The molecule has 5 nitrogen and oxygen atoms in total. The van der Waals surface area contributed by atoms with Crippen molar-refractivity contribution in [1.82, 2.24) is 0 Å². The lowest BCUT2D eigenvalue weighted by molar-refractivity contribution is 0.0696. The molecule has 0 bridgehead atoms. The minimum Gasteiger partial charge on any atom is -0.478 e. The number of anilines is 1. The van der Waals surface area contributed by atoms with E-state index in [1.54, 1.807) is 30.3 Å². The average molecular weight is 319 g/mol. The van der Waals surface area contributed by atoms with Crippen LogP contribution in [0.5, 0.6) is 0 Å². The van der Waals surface area contributed by atoms with Crippen LogP contribution < -0.4 is 4.72 Å². The van der Waals surface area contributed by atoms with Gasteiger partial charge in [0.1, 0.15) is 0 Å². The number of hydrogen-bond acceptors (Lipinski definition) is 3. The molecule has 2 rings (SSSR count). The second-order valence-electron chi connectivity index (χ2n) is 5.08. The Bertz CT molecular complexity index is 767. The van der Waals surface area contributed by atoms with Gasteiger partial charge in [0.05, 0.1) is 11.8 Å². The van der Waals surface area contributed by atoms with Crippen molar-refractivity contribution in [2.75, 3.05) is 11.0 Å². The van der Waals surface area contributed by atoms with E-state index in [0.29, 0.717) is 5.69 Å². The van der Waals surface area contributed by atoms with Gasteiger partial charge < -0.3 is 5.11 Å². The van der Waals surface area contributed by atoms with Crippen LogP contribution >= 0.6 is 0 Å². The zero-order chi connectivity index (χ0) is 16.2. The minimum atomic E-state index is -3.26. The number of aromatic carboxylic acids is 1. The summed E-state index contributed by atoms with van der Waals surface area (Å²) in [5.74, 6) is -0.932. The van der Waals surface area contributed by atoms with Crippen molar-refractivity contribution in [2.24, 2.45) is 0 Å². The third-order valence-corrected chi connectivity index (χ3v) is 3.74. The number of carbonyl (C=O) groups is 1. The van der Waals surface area contributed by atoms with E-state index < -0.39 is 16.0 Å². The zero-order valence-electron chi connectivity index (χ0n) is 12.1. The highest BCUT2D eigenvalue weighted by Gasteiger charge is 2.04. The van der Waals surface area contributed by atoms with Gasteiger partial charge in [-0.25, -0.2) is 13.2 Å². The molecule has 0 saturated carbocycles. The highest BCUT2D eigenvalue weighted by atomic mass is 32.2. The number of benzene rings is 2. The number of sulfonamides is 1. The van der Waals surface area contributed by atoms with E-state index in [0.717, 1.165) is 30.2 Å². The van der Waals surface area contributed by atoms with Crippen LogP contribution in [0.3, 0.4) is 0 Å². The van der Waals surface area contributed by atoms with Gasteiger partial charge in [-0.05, 0) is 48.2 Å². The van der Waals surface area contributed by atoms with Gasteiger partial charge in [0.15, 0.2) is 0 Å². The molecular formula is C16H17NO4S. The number of carboxylic acids is 1. The fourth-order valence-electron chi connectivity index (χ4n) is 2.10. The molecule has 0 amide bonds. The van der Waals surface area contributed by atoms with Crippen molar-refractivity contribution in [2.45, 2.75) is 12.8 Å². The van der Waals surface area contributed by atoms with Crippen molar-refractivity contribution in [3.05, 3.63) is 65.2 Å². The Kier molecular flexibility index (Phi) is 4.82. The van der Waals surface area contributed by atoms with Crippen LogP contribution in [0.25, 0.3) is 0 Å². The van der Waals surface area contributed by atoms with Gasteiger partial charge in [-0.15, -0.1) is 0 Å². The zero-order valence-corrected chi connectivity index (χ0v) is 12.9. The lowest BCUT2D eigenvalue weighted by Gasteiger charge is -2.06. The lowest BCUT2D eigenvalue weighted by Crippen LogP contribution is -2.09. The van der Waals surface area contributed by atoms with Crippen LogP contribution in [-0.2, 0) is 22.9 Å². The first-order valence-electron chi connectivity index (χ1n) is 6.72. The number of aryl methyl sites for hydroxylation is 2. The van der Waals surface area contributed by atoms with Gasteiger partial charge in [0.25, 0.3) is 0 Å². The monoisotopic (exact) mass is 319 g/mol. The molecule has 0 saturated heterocycles. The summed E-state index contributed by atoms with van der Waals surface area (Å²) >= 11 is 0. The third kappa shape index (κ3) is 4.89. The first-order valence-corrected chi connectivity index (χ1v) is 8.61. The molecule has 0 aliphatic heterocycles. The van der Waals surface area contributed by atoms with Crippen molar-refractivity contribution in [3.63, 3.8) is 0 Å². The van der Waals surface area contributed by atoms with Crippen LogP contribution in [0.2, 0.25) is 0 Å². The Morgan fingerprint density at radius 3 is 2.27 bits per heavy atom. The largest absolute Gasteiger partial charge is 0.478 e. The molecule has 0 radical (unpaired) electrons. The SMILES string of the molecule is CS(=O)(=O)Nc1ccc(CCc2cccc(C(=O)O)c2)cc1. The predicted octanol–water partition coefficient (Wildman–Crippen LogP) is 2.54. The summed E-state index contributed by atoms with van der Waals surface area (Å²) in [5.41, 5.74) is 2.82. The number of nitrogens with one attached hydrogen (secondary N) is 1. The fourth-order valence-corrected chi connectivity index (χ4v) is 2.67. The molecule has 0 aromatic heterocycles. The van der Waals surface area contributed by atoms with E-state index >= 15 is 0 Å². The number of rotatable bonds is 6. The molecule has 0 spiro atoms. The second-order valence-corrected chi connectivity index (χ2v) is 6.83. The molecule has 0 aliphatic carbocycles. The Labute approximate surface area is 129 Å². The molecule has 116 valence electrons. The molecule has 0 heterocycles. The summed E-state index contributed by atoms with van der Waals surface area (Å²) in [4.78, 5) is 10.9. The van der Waals surface area contributed by atoms with Crippen molar-refractivity contribution >= 4 is 21.7 Å². The lowest BCUT2D eigenvalue weighted by atomic mass is 10.0. The van der Waals surface area contributed by atoms with Gasteiger partial charge >= 0.3 is 5.97 Å². The molecule has 0 atom stereocenters. The number of carboxylic acid groups (broad SMARTS) is 1. The van der Waals surface area contributed by atoms with Gasteiger partial charge in [-0.3, -0.25) is 4.72 Å². The summed E-state index contributed by atoms with van der Waals surface area (Å²) in [6.07, 6.45) is 2.58. The summed E-state index contributed by atoms with van der Waals surface area (Å²) in [7, 11) is -3.26. The molecule has 2 aromatic rings. The summed E-state index contributed by atoms with van der Waals surface area (Å²) < 4.78 is 24.7. The van der Waals surface area contributed by atoms with Crippen molar-refractivity contribution in [1.29, 1.82) is 0 Å². The Hall–Kier alpha value is -2.34. The van der Waals surface area contributed by atoms with E-state index in [2.05, 4.69) is 4.72 Å². The van der Waals surface area contributed by atoms with E-state index in [1.807, 2.05) is 18.2 Å². The predicted molar refractivity (Wildman–Crippen MR) is 85.7 cm³/mol. The molecule has 2 N–H and O–H groups in total. The molecular weight excluding hydrogens is 302 g/mol. The van der Waals surface area contributed by atoms with Crippen LogP contribution in [0.15, 0.2) is 48.5 Å². The average Bonchev–Trinajstić information content (AvgIpc) is 2.45. The second kappa shape index (κ2) is 6.62. The molecule has 22 heavy (non-hydrogen) atoms. The first kappa shape index (κ1) is 16.0. The van der Waals surface area contributed by atoms with Gasteiger partial charge in [-0.2, -0.15) is 0 Å². The fraction of sp³-hybridized carbons (Fsp3) is 0.188. The van der Waals surface area contributed by atoms with E-state index in [9.17, 15) is 13.2 Å².